The SMILES string of the molecule is CS/C(=C\C(=O)c1ccc(Br)cc1)CC(=O)c1ccc(Br)cc1. The van der Waals surface area contributed by atoms with Crippen molar-refractivity contribution in [2.24, 2.45) is 0 Å². The summed E-state index contributed by atoms with van der Waals surface area (Å²) in [5.41, 5.74) is 1.25. The molecule has 0 N–H and O–H groups in total. The van der Waals surface area contributed by atoms with E-state index in [9.17, 15) is 9.59 Å². The highest BCUT2D eigenvalue weighted by Gasteiger charge is 2.11. The third kappa shape index (κ3) is 5.44. The number of hydrogen-bond donors (Lipinski definition) is 0. The zero-order valence-corrected chi connectivity index (χ0v) is 16.4. The van der Waals surface area contributed by atoms with Crippen LogP contribution in [0.25, 0.3) is 0 Å². The number of thioether (sulfide) groups is 1. The highest BCUT2D eigenvalue weighted by Crippen LogP contribution is 2.21. The lowest BCUT2D eigenvalue weighted by Gasteiger charge is -2.05. The lowest BCUT2D eigenvalue weighted by Crippen LogP contribution is -2.02. The lowest BCUT2D eigenvalue weighted by molar-refractivity contribution is 0.0995. The molecule has 0 amide bonds. The van der Waals surface area contributed by atoms with Gasteiger partial charge in [0.2, 0.25) is 0 Å². The van der Waals surface area contributed by atoms with Gasteiger partial charge in [-0.3, -0.25) is 9.59 Å². The van der Waals surface area contributed by atoms with Gasteiger partial charge in [-0.25, -0.2) is 0 Å². The number of benzene rings is 2. The van der Waals surface area contributed by atoms with Gasteiger partial charge in [0, 0.05) is 26.5 Å². The van der Waals surface area contributed by atoms with E-state index in [1.807, 2.05) is 30.5 Å². The topological polar surface area (TPSA) is 34.1 Å². The van der Waals surface area contributed by atoms with Gasteiger partial charge < -0.3 is 0 Å². The lowest BCUT2D eigenvalue weighted by atomic mass is 10.1. The minimum absolute atomic E-state index is 0.00158. The number of halogens is 2. The molecule has 0 aliphatic carbocycles. The molecule has 2 aromatic carbocycles. The molecular formula is C18H14Br2O2S. The zero-order chi connectivity index (χ0) is 16.8. The highest BCUT2D eigenvalue weighted by molar-refractivity contribution is 9.10. The van der Waals surface area contributed by atoms with E-state index in [2.05, 4.69) is 31.9 Å². The molecule has 0 unspecified atom stereocenters. The number of carbonyl (C=O) groups is 2. The Morgan fingerprint density at radius 3 is 1.87 bits per heavy atom. The van der Waals surface area contributed by atoms with Crippen molar-refractivity contribution in [3.63, 3.8) is 0 Å². The quantitative estimate of drug-likeness (QED) is 0.402. The van der Waals surface area contributed by atoms with E-state index < -0.39 is 0 Å². The van der Waals surface area contributed by atoms with E-state index in [0.29, 0.717) is 11.1 Å². The summed E-state index contributed by atoms with van der Waals surface area (Å²) in [7, 11) is 0. The Kier molecular flexibility index (Phi) is 6.81. The summed E-state index contributed by atoms with van der Waals surface area (Å²) >= 11 is 8.11. The van der Waals surface area contributed by atoms with Gasteiger partial charge in [-0.05, 0) is 53.6 Å². The predicted octanol–water partition coefficient (Wildman–Crippen LogP) is 5.91. The van der Waals surface area contributed by atoms with E-state index in [1.165, 1.54) is 11.8 Å². The molecule has 23 heavy (non-hydrogen) atoms. The molecular weight excluding hydrogens is 440 g/mol. The molecule has 0 radical (unpaired) electrons. The van der Waals surface area contributed by atoms with Gasteiger partial charge in [0.25, 0.3) is 0 Å². The van der Waals surface area contributed by atoms with Crippen LogP contribution in [0.2, 0.25) is 0 Å². The highest BCUT2D eigenvalue weighted by atomic mass is 79.9. The van der Waals surface area contributed by atoms with E-state index >= 15 is 0 Å². The molecule has 0 heterocycles. The Morgan fingerprint density at radius 1 is 0.913 bits per heavy atom. The molecule has 0 saturated heterocycles. The molecule has 0 atom stereocenters. The van der Waals surface area contributed by atoms with Gasteiger partial charge in [0.15, 0.2) is 11.6 Å². The maximum Gasteiger partial charge on any atom is 0.186 e. The Balaban J connectivity index is 2.12. The number of ketones is 2. The van der Waals surface area contributed by atoms with Crippen molar-refractivity contribution in [1.29, 1.82) is 0 Å². The molecule has 5 heteroatoms. The average Bonchev–Trinajstić information content (AvgIpc) is 2.55. The summed E-state index contributed by atoms with van der Waals surface area (Å²) in [6.07, 6.45) is 3.64. The molecule has 0 aliphatic heterocycles. The van der Waals surface area contributed by atoms with Crippen molar-refractivity contribution < 1.29 is 9.59 Å². The first-order valence-electron chi connectivity index (χ1n) is 6.83. The second kappa shape index (κ2) is 8.62. The van der Waals surface area contributed by atoms with Gasteiger partial charge in [0.1, 0.15) is 0 Å². The Hall–Kier alpha value is -1.17. The second-order valence-electron chi connectivity index (χ2n) is 4.79. The monoisotopic (exact) mass is 452 g/mol. The van der Waals surface area contributed by atoms with E-state index in [4.69, 9.17) is 0 Å². The number of hydrogen-bond acceptors (Lipinski definition) is 3. The van der Waals surface area contributed by atoms with Crippen molar-refractivity contribution in [2.75, 3.05) is 6.26 Å². The molecule has 0 aliphatic rings. The first-order chi connectivity index (χ1) is 11.0. The van der Waals surface area contributed by atoms with Crippen LogP contribution in [0.15, 0.2) is 68.5 Å². The summed E-state index contributed by atoms with van der Waals surface area (Å²) in [6, 6.07) is 14.4. The molecule has 0 aromatic heterocycles. The molecule has 2 nitrogen and oxygen atoms in total. The smallest absolute Gasteiger partial charge is 0.186 e. The first kappa shape index (κ1) is 18.2. The summed E-state index contributed by atoms with van der Waals surface area (Å²) in [6.45, 7) is 0. The number of carbonyl (C=O) groups excluding carboxylic acids is 2. The van der Waals surface area contributed by atoms with Crippen LogP contribution < -0.4 is 0 Å². The van der Waals surface area contributed by atoms with Gasteiger partial charge in [-0.2, -0.15) is 0 Å². The van der Waals surface area contributed by atoms with Crippen molar-refractivity contribution in [3.05, 3.63) is 79.6 Å². The van der Waals surface area contributed by atoms with Crippen molar-refractivity contribution in [2.45, 2.75) is 6.42 Å². The van der Waals surface area contributed by atoms with Gasteiger partial charge in [-0.1, -0.05) is 44.0 Å². The largest absolute Gasteiger partial charge is 0.294 e. The van der Waals surface area contributed by atoms with Gasteiger partial charge >= 0.3 is 0 Å². The third-order valence-electron chi connectivity index (χ3n) is 3.18. The van der Waals surface area contributed by atoms with Crippen LogP contribution in [0.4, 0.5) is 0 Å². The van der Waals surface area contributed by atoms with Crippen molar-refractivity contribution in [3.8, 4) is 0 Å². The first-order valence-corrected chi connectivity index (χ1v) is 9.64. The normalized spacial score (nSPS) is 11.3. The summed E-state index contributed by atoms with van der Waals surface area (Å²) in [5, 5.41) is 0. The van der Waals surface area contributed by atoms with Crippen LogP contribution in [0, 0.1) is 0 Å². The van der Waals surface area contributed by atoms with Crippen LogP contribution >= 0.6 is 43.6 Å². The van der Waals surface area contributed by atoms with E-state index in [0.717, 1.165) is 13.9 Å². The van der Waals surface area contributed by atoms with E-state index in [1.54, 1.807) is 30.3 Å². The van der Waals surface area contributed by atoms with Gasteiger partial charge in [0.05, 0.1) is 0 Å². The zero-order valence-electron chi connectivity index (χ0n) is 12.4. The standard InChI is InChI=1S/C18H14Br2O2S/c1-23-16(10-17(21)12-2-6-14(19)7-3-12)11-18(22)13-4-8-15(20)9-5-13/h2-10H,11H2,1H3/b16-10-. The molecule has 0 saturated carbocycles. The van der Waals surface area contributed by atoms with Crippen LogP contribution in [-0.2, 0) is 0 Å². The molecule has 118 valence electrons. The summed E-state index contributed by atoms with van der Waals surface area (Å²) < 4.78 is 1.86. The fourth-order valence-corrected chi connectivity index (χ4v) is 2.95. The summed E-state index contributed by atoms with van der Waals surface area (Å²) in [5.74, 6) is -0.0906. The number of allylic oxidation sites excluding steroid dienone is 2. The minimum Gasteiger partial charge on any atom is -0.294 e. The van der Waals surface area contributed by atoms with Crippen molar-refractivity contribution in [1.82, 2.24) is 0 Å². The van der Waals surface area contributed by atoms with Crippen LogP contribution in [-0.4, -0.2) is 17.8 Å². The maximum atomic E-state index is 12.3. The number of Topliss-reactive ketones (excluding diaryl/α,β-unsaturated/α-hetero) is 1. The molecule has 0 fully saturated rings. The maximum absolute atomic E-state index is 12.3. The fraction of sp³-hybridized carbons (Fsp3) is 0.111. The van der Waals surface area contributed by atoms with Crippen LogP contribution in [0.5, 0.6) is 0 Å². The molecule has 0 bridgehead atoms. The Labute approximate surface area is 156 Å². The predicted molar refractivity (Wildman–Crippen MR) is 103 cm³/mol. The minimum atomic E-state index is -0.0922. The van der Waals surface area contributed by atoms with Crippen LogP contribution in [0.3, 0.4) is 0 Å². The molecule has 2 rings (SSSR count). The second-order valence-corrected chi connectivity index (χ2v) is 7.56. The molecule has 0 spiro atoms. The fourth-order valence-electron chi connectivity index (χ4n) is 1.92. The van der Waals surface area contributed by atoms with Crippen molar-refractivity contribution >= 4 is 55.2 Å². The third-order valence-corrected chi connectivity index (χ3v) is 5.03. The Bertz CT molecular complexity index is 735. The Morgan fingerprint density at radius 2 is 1.39 bits per heavy atom. The number of rotatable bonds is 6. The average molecular weight is 454 g/mol. The summed E-state index contributed by atoms with van der Waals surface area (Å²) in [4.78, 5) is 25.3. The van der Waals surface area contributed by atoms with E-state index in [-0.39, 0.29) is 18.0 Å². The van der Waals surface area contributed by atoms with Gasteiger partial charge in [-0.15, -0.1) is 11.8 Å². The van der Waals surface area contributed by atoms with Crippen LogP contribution in [0.1, 0.15) is 27.1 Å². The molecule has 2 aromatic rings.